The number of benzene rings is 1. The molecule has 0 aliphatic heterocycles. The lowest BCUT2D eigenvalue weighted by Crippen LogP contribution is -2.00. The fraction of sp³-hybridized carbons (Fsp3) is 0.250. The molecule has 0 bridgehead atoms. The van der Waals surface area contributed by atoms with Gasteiger partial charge in [-0.1, -0.05) is 18.5 Å². The van der Waals surface area contributed by atoms with Crippen molar-refractivity contribution in [3.8, 4) is 0 Å². The van der Waals surface area contributed by atoms with E-state index < -0.39 is 0 Å². The number of aromatic nitrogens is 3. The van der Waals surface area contributed by atoms with Crippen molar-refractivity contribution in [2.24, 2.45) is 0 Å². The first-order valence-corrected chi connectivity index (χ1v) is 7.44. The second-order valence-corrected chi connectivity index (χ2v) is 5.37. The van der Waals surface area contributed by atoms with E-state index in [0.717, 1.165) is 41.7 Å². The van der Waals surface area contributed by atoms with E-state index >= 15 is 0 Å². The van der Waals surface area contributed by atoms with Gasteiger partial charge in [0.1, 0.15) is 0 Å². The molecule has 21 heavy (non-hydrogen) atoms. The van der Waals surface area contributed by atoms with E-state index in [1.807, 2.05) is 35.1 Å². The third-order valence-electron chi connectivity index (χ3n) is 3.34. The van der Waals surface area contributed by atoms with Crippen LogP contribution in [-0.4, -0.2) is 14.8 Å². The minimum atomic E-state index is 0.673. The van der Waals surface area contributed by atoms with Crippen LogP contribution in [0, 0.1) is 0 Å². The molecule has 3 rings (SSSR count). The van der Waals surface area contributed by atoms with Gasteiger partial charge in [0.15, 0.2) is 0 Å². The lowest BCUT2D eigenvalue weighted by molar-refractivity contribution is 0.602. The zero-order chi connectivity index (χ0) is 14.7. The monoisotopic (exact) mass is 300 g/mol. The molecule has 1 N–H and O–H groups in total. The van der Waals surface area contributed by atoms with Crippen LogP contribution in [0.5, 0.6) is 0 Å². The first-order valence-electron chi connectivity index (χ1n) is 7.06. The number of fused-ring (bicyclic) bond motifs is 1. The molecular formula is C16H17ClN4. The Labute approximate surface area is 128 Å². The van der Waals surface area contributed by atoms with E-state index in [4.69, 9.17) is 11.6 Å². The second-order valence-electron chi connectivity index (χ2n) is 4.96. The summed E-state index contributed by atoms with van der Waals surface area (Å²) >= 11 is 6.18. The number of nitrogens with zero attached hydrogens (tertiary/aromatic N) is 3. The number of nitrogens with one attached hydrogen (secondary N) is 1. The van der Waals surface area contributed by atoms with Crippen molar-refractivity contribution in [3.05, 3.63) is 53.4 Å². The van der Waals surface area contributed by atoms with E-state index in [1.165, 1.54) is 0 Å². The molecule has 3 aromatic rings. The van der Waals surface area contributed by atoms with Crippen LogP contribution in [-0.2, 0) is 13.1 Å². The maximum absolute atomic E-state index is 6.18. The first-order chi connectivity index (χ1) is 10.3. The average molecular weight is 301 g/mol. The molecular weight excluding hydrogens is 284 g/mol. The predicted molar refractivity (Wildman–Crippen MR) is 86.6 cm³/mol. The van der Waals surface area contributed by atoms with Gasteiger partial charge in [0.25, 0.3) is 0 Å². The molecule has 0 amide bonds. The summed E-state index contributed by atoms with van der Waals surface area (Å²) in [5.41, 5.74) is 3.02. The number of halogens is 1. The van der Waals surface area contributed by atoms with E-state index in [0.29, 0.717) is 5.02 Å². The van der Waals surface area contributed by atoms with Gasteiger partial charge in [-0.05, 0) is 30.7 Å². The quantitative estimate of drug-likeness (QED) is 0.771. The number of pyridine rings is 1. The summed E-state index contributed by atoms with van der Waals surface area (Å²) < 4.78 is 1.97. The zero-order valence-corrected chi connectivity index (χ0v) is 12.6. The third kappa shape index (κ3) is 3.00. The third-order valence-corrected chi connectivity index (χ3v) is 3.65. The first kappa shape index (κ1) is 13.9. The van der Waals surface area contributed by atoms with Crippen LogP contribution in [0.2, 0.25) is 5.02 Å². The smallest absolute Gasteiger partial charge is 0.0908 e. The van der Waals surface area contributed by atoms with Gasteiger partial charge in [0.05, 0.1) is 16.7 Å². The lowest BCUT2D eigenvalue weighted by atomic mass is 10.1. The molecule has 108 valence electrons. The van der Waals surface area contributed by atoms with Crippen LogP contribution >= 0.6 is 11.6 Å². The minimum Gasteiger partial charge on any atom is -0.380 e. The summed E-state index contributed by atoms with van der Waals surface area (Å²) in [6.45, 7) is 3.83. The fourth-order valence-electron chi connectivity index (χ4n) is 2.34. The fourth-order valence-corrected chi connectivity index (χ4v) is 2.55. The Kier molecular flexibility index (Phi) is 4.06. The summed E-state index contributed by atoms with van der Waals surface area (Å²) in [6, 6.07) is 7.81. The molecule has 1 aromatic carbocycles. The molecule has 0 saturated heterocycles. The van der Waals surface area contributed by atoms with Gasteiger partial charge in [-0.15, -0.1) is 0 Å². The molecule has 2 aromatic heterocycles. The number of anilines is 1. The predicted octanol–water partition coefficient (Wildman–Crippen LogP) is 4.11. The SMILES string of the molecule is CCCn1cc(CNc2ccc(Cl)c3ncccc23)cn1. The molecule has 2 heterocycles. The highest BCUT2D eigenvalue weighted by Gasteiger charge is 2.05. The van der Waals surface area contributed by atoms with Crippen LogP contribution in [0.4, 0.5) is 5.69 Å². The van der Waals surface area contributed by atoms with Crippen molar-refractivity contribution in [3.63, 3.8) is 0 Å². The molecule has 0 unspecified atom stereocenters. The average Bonchev–Trinajstić information content (AvgIpc) is 2.95. The topological polar surface area (TPSA) is 42.7 Å². The maximum atomic E-state index is 6.18. The molecule has 0 aliphatic carbocycles. The van der Waals surface area contributed by atoms with E-state index in [9.17, 15) is 0 Å². The summed E-state index contributed by atoms with van der Waals surface area (Å²) in [6.07, 6.45) is 6.82. The highest BCUT2D eigenvalue weighted by atomic mass is 35.5. The molecule has 0 spiro atoms. The van der Waals surface area contributed by atoms with Gasteiger partial charge >= 0.3 is 0 Å². The van der Waals surface area contributed by atoms with Crippen molar-refractivity contribution in [1.29, 1.82) is 0 Å². The normalized spacial score (nSPS) is 11.0. The molecule has 4 nitrogen and oxygen atoms in total. The molecule has 0 radical (unpaired) electrons. The Bertz CT molecular complexity index is 751. The van der Waals surface area contributed by atoms with Crippen LogP contribution in [0.15, 0.2) is 42.9 Å². The van der Waals surface area contributed by atoms with Gasteiger partial charge < -0.3 is 5.32 Å². The highest BCUT2D eigenvalue weighted by molar-refractivity contribution is 6.35. The van der Waals surface area contributed by atoms with Crippen molar-refractivity contribution in [2.75, 3.05) is 5.32 Å². The summed E-state index contributed by atoms with van der Waals surface area (Å²) in [5.74, 6) is 0. The Morgan fingerprint density at radius 1 is 1.29 bits per heavy atom. The lowest BCUT2D eigenvalue weighted by Gasteiger charge is -2.09. The van der Waals surface area contributed by atoms with Crippen molar-refractivity contribution in [1.82, 2.24) is 14.8 Å². The Hall–Kier alpha value is -2.07. The summed E-state index contributed by atoms with van der Waals surface area (Å²) in [4.78, 5) is 4.34. The highest BCUT2D eigenvalue weighted by Crippen LogP contribution is 2.28. The molecule has 0 saturated carbocycles. The zero-order valence-electron chi connectivity index (χ0n) is 11.9. The Morgan fingerprint density at radius 3 is 3.05 bits per heavy atom. The molecule has 0 atom stereocenters. The van der Waals surface area contributed by atoms with E-state index in [1.54, 1.807) is 6.20 Å². The van der Waals surface area contributed by atoms with Crippen molar-refractivity contribution >= 4 is 28.2 Å². The van der Waals surface area contributed by atoms with Crippen LogP contribution in [0.25, 0.3) is 10.9 Å². The van der Waals surface area contributed by atoms with Crippen molar-refractivity contribution < 1.29 is 0 Å². The van der Waals surface area contributed by atoms with Crippen LogP contribution < -0.4 is 5.32 Å². The van der Waals surface area contributed by atoms with Crippen LogP contribution in [0.3, 0.4) is 0 Å². The summed E-state index contributed by atoms with van der Waals surface area (Å²) in [5, 5.41) is 9.48. The molecule has 0 fully saturated rings. The Morgan fingerprint density at radius 2 is 2.19 bits per heavy atom. The molecule has 5 heteroatoms. The van der Waals surface area contributed by atoms with Gasteiger partial charge in [0, 0.05) is 42.1 Å². The van der Waals surface area contributed by atoms with Gasteiger partial charge in [0.2, 0.25) is 0 Å². The number of aryl methyl sites for hydroxylation is 1. The second kappa shape index (κ2) is 6.14. The van der Waals surface area contributed by atoms with Gasteiger partial charge in [-0.2, -0.15) is 5.10 Å². The van der Waals surface area contributed by atoms with Crippen molar-refractivity contribution in [2.45, 2.75) is 26.4 Å². The number of rotatable bonds is 5. The summed E-state index contributed by atoms with van der Waals surface area (Å²) in [7, 11) is 0. The number of hydrogen-bond donors (Lipinski definition) is 1. The van der Waals surface area contributed by atoms with Crippen LogP contribution in [0.1, 0.15) is 18.9 Å². The minimum absolute atomic E-state index is 0.673. The standard InChI is InChI=1S/C16H17ClN4/c1-2-8-21-11-12(10-20-21)9-19-15-6-5-14(17)16-13(15)4-3-7-18-16/h3-7,10-11,19H,2,8-9H2,1H3. The van der Waals surface area contributed by atoms with E-state index in [-0.39, 0.29) is 0 Å². The number of hydrogen-bond acceptors (Lipinski definition) is 3. The van der Waals surface area contributed by atoms with Gasteiger partial charge in [-0.25, -0.2) is 0 Å². The van der Waals surface area contributed by atoms with E-state index in [2.05, 4.69) is 28.5 Å². The van der Waals surface area contributed by atoms with Gasteiger partial charge in [-0.3, -0.25) is 9.67 Å². The molecule has 0 aliphatic rings. The largest absolute Gasteiger partial charge is 0.380 e. The Balaban J connectivity index is 1.80. The maximum Gasteiger partial charge on any atom is 0.0908 e.